The molecule has 1 atom stereocenters. The molecule has 0 bridgehead atoms. The Bertz CT molecular complexity index is 692. The van der Waals surface area contributed by atoms with Gasteiger partial charge in [0.25, 0.3) is 5.95 Å². The van der Waals surface area contributed by atoms with Crippen LogP contribution in [0, 0.1) is 0 Å². The highest BCUT2D eigenvalue weighted by Crippen LogP contribution is 2.21. The lowest BCUT2D eigenvalue weighted by Crippen LogP contribution is -2.50. The first-order valence-corrected chi connectivity index (χ1v) is 6.10. The zero-order valence-electron chi connectivity index (χ0n) is 11.0. The normalized spacial score (nSPS) is 17.4. The van der Waals surface area contributed by atoms with Crippen LogP contribution < -0.4 is 5.32 Å². The number of hydrogen-bond acceptors (Lipinski definition) is 6. The van der Waals surface area contributed by atoms with Gasteiger partial charge in [-0.3, -0.25) is 5.32 Å². The summed E-state index contributed by atoms with van der Waals surface area (Å²) in [6, 6.07) is -1.59. The lowest BCUT2D eigenvalue weighted by atomic mass is 10.0. The van der Waals surface area contributed by atoms with Gasteiger partial charge in [-0.15, -0.1) is 5.10 Å². The fourth-order valence-corrected chi connectivity index (χ4v) is 2.17. The summed E-state index contributed by atoms with van der Waals surface area (Å²) in [5.74, 6) is -1.08. The van der Waals surface area contributed by atoms with Crippen LogP contribution in [-0.4, -0.2) is 58.2 Å². The number of aromatic amines is 1. The third-order valence-electron chi connectivity index (χ3n) is 3.17. The van der Waals surface area contributed by atoms with Crippen molar-refractivity contribution in [2.45, 2.75) is 19.0 Å². The molecule has 3 N–H and O–H groups in total. The monoisotopic (exact) mass is 292 g/mol. The van der Waals surface area contributed by atoms with Gasteiger partial charge >= 0.3 is 12.0 Å². The average Bonchev–Trinajstić information content (AvgIpc) is 3.05. The first-order valence-electron chi connectivity index (χ1n) is 6.10. The molecule has 0 aromatic carbocycles. The average molecular weight is 292 g/mol. The number of urea groups is 1. The number of nitrogens with one attached hydrogen (secondary N) is 2. The minimum atomic E-state index is -1.09. The number of nitrogens with zero attached hydrogens (tertiary/aromatic N) is 6. The Hall–Kier alpha value is -2.98. The zero-order chi connectivity index (χ0) is 15.0. The van der Waals surface area contributed by atoms with Crippen LogP contribution in [0.25, 0.3) is 0 Å². The van der Waals surface area contributed by atoms with Gasteiger partial charge in [0.05, 0.1) is 31.3 Å². The van der Waals surface area contributed by atoms with Gasteiger partial charge in [-0.25, -0.2) is 14.6 Å². The van der Waals surface area contributed by atoms with Crippen molar-refractivity contribution < 1.29 is 14.7 Å². The number of carboxylic acids is 1. The van der Waals surface area contributed by atoms with Crippen molar-refractivity contribution in [3.05, 3.63) is 17.7 Å². The van der Waals surface area contributed by atoms with E-state index in [0.29, 0.717) is 5.69 Å². The molecule has 2 aromatic heterocycles. The highest BCUT2D eigenvalue weighted by atomic mass is 16.4. The molecular formula is C10H12N8O3. The van der Waals surface area contributed by atoms with Crippen molar-refractivity contribution in [1.82, 2.24) is 35.1 Å². The van der Waals surface area contributed by atoms with Gasteiger partial charge in [0, 0.05) is 6.42 Å². The second kappa shape index (κ2) is 4.85. The molecule has 0 saturated heterocycles. The molecule has 1 aliphatic rings. The Balaban J connectivity index is 1.81. The summed E-state index contributed by atoms with van der Waals surface area (Å²) in [6.07, 6.45) is 1.63. The summed E-state index contributed by atoms with van der Waals surface area (Å²) < 4.78 is 0. The summed E-state index contributed by atoms with van der Waals surface area (Å²) in [5.41, 5.74) is 1.37. The second-order valence-electron chi connectivity index (χ2n) is 4.55. The Kier molecular flexibility index (Phi) is 3.01. The molecule has 2 aromatic rings. The Labute approximate surface area is 118 Å². The van der Waals surface area contributed by atoms with Gasteiger partial charge in [0.1, 0.15) is 6.04 Å². The van der Waals surface area contributed by atoms with Gasteiger partial charge in [-0.05, 0) is 5.21 Å². The van der Waals surface area contributed by atoms with E-state index in [9.17, 15) is 14.7 Å². The van der Waals surface area contributed by atoms with Crippen LogP contribution in [0.3, 0.4) is 0 Å². The van der Waals surface area contributed by atoms with Gasteiger partial charge in [0.2, 0.25) is 0 Å². The molecule has 2 amide bonds. The number of fused-ring (bicyclic) bond motifs is 1. The number of aromatic nitrogens is 6. The predicted octanol–water partition coefficient (Wildman–Crippen LogP) is -1.02. The number of rotatable bonds is 2. The zero-order valence-corrected chi connectivity index (χ0v) is 11.0. The summed E-state index contributed by atoms with van der Waals surface area (Å²) in [7, 11) is 1.56. The van der Waals surface area contributed by atoms with E-state index in [0.717, 1.165) is 5.69 Å². The third kappa shape index (κ3) is 2.40. The highest BCUT2D eigenvalue weighted by Gasteiger charge is 2.36. The number of imidazole rings is 1. The topological polar surface area (TPSA) is 142 Å². The first kappa shape index (κ1) is 13.0. The minimum absolute atomic E-state index is 0.0158. The molecule has 3 heterocycles. The molecule has 110 valence electrons. The Morgan fingerprint density at radius 3 is 3.00 bits per heavy atom. The maximum atomic E-state index is 12.2. The number of anilines is 1. The van der Waals surface area contributed by atoms with Crippen molar-refractivity contribution in [1.29, 1.82) is 0 Å². The molecule has 0 saturated carbocycles. The maximum Gasteiger partial charge on any atom is 0.326 e. The van der Waals surface area contributed by atoms with Gasteiger partial charge in [-0.2, -0.15) is 4.80 Å². The van der Waals surface area contributed by atoms with Crippen molar-refractivity contribution in [2.24, 2.45) is 7.05 Å². The Morgan fingerprint density at radius 1 is 1.52 bits per heavy atom. The second-order valence-corrected chi connectivity index (χ2v) is 4.55. The van der Waals surface area contributed by atoms with E-state index < -0.39 is 18.0 Å². The first-order chi connectivity index (χ1) is 10.0. The standard InChI is InChI=1S/C10H12N8O3/c1-17-15-9(14-16-17)13-10(21)18-3-6-5(11-4-12-6)2-7(18)8(19)20/h4,7H,2-3H2,1H3,(H,11,12)(H,19,20)(H,13,15,21). The van der Waals surface area contributed by atoms with Crippen LogP contribution in [0.15, 0.2) is 6.33 Å². The van der Waals surface area contributed by atoms with Crippen LogP contribution in [0.5, 0.6) is 0 Å². The number of aryl methyl sites for hydroxylation is 1. The number of aliphatic carboxylic acids is 1. The lowest BCUT2D eigenvalue weighted by molar-refractivity contribution is -0.142. The molecule has 3 rings (SSSR count). The van der Waals surface area contributed by atoms with Crippen molar-refractivity contribution in [3.63, 3.8) is 0 Å². The molecule has 1 aliphatic heterocycles. The van der Waals surface area contributed by atoms with Crippen LogP contribution >= 0.6 is 0 Å². The van der Waals surface area contributed by atoms with Crippen molar-refractivity contribution in [3.8, 4) is 0 Å². The smallest absolute Gasteiger partial charge is 0.326 e. The van der Waals surface area contributed by atoms with E-state index in [2.05, 4.69) is 30.7 Å². The molecule has 0 spiro atoms. The number of carbonyl (C=O) groups excluding carboxylic acids is 1. The highest BCUT2D eigenvalue weighted by molar-refractivity contribution is 5.91. The van der Waals surface area contributed by atoms with E-state index in [-0.39, 0.29) is 18.9 Å². The van der Waals surface area contributed by atoms with Crippen molar-refractivity contribution >= 4 is 17.9 Å². The fourth-order valence-electron chi connectivity index (χ4n) is 2.17. The molecule has 0 aliphatic carbocycles. The number of carboxylic acid groups (broad SMARTS) is 1. The van der Waals surface area contributed by atoms with Crippen LogP contribution in [0.2, 0.25) is 0 Å². The molecular weight excluding hydrogens is 280 g/mol. The molecule has 0 fully saturated rings. The molecule has 21 heavy (non-hydrogen) atoms. The summed E-state index contributed by atoms with van der Waals surface area (Å²) >= 11 is 0. The largest absolute Gasteiger partial charge is 0.480 e. The maximum absolute atomic E-state index is 12.2. The molecule has 11 heteroatoms. The van der Waals surface area contributed by atoms with Crippen LogP contribution in [-0.2, 0) is 24.8 Å². The lowest BCUT2D eigenvalue weighted by Gasteiger charge is -2.31. The van der Waals surface area contributed by atoms with E-state index >= 15 is 0 Å². The summed E-state index contributed by atoms with van der Waals surface area (Å²) in [4.78, 5) is 32.9. The van der Waals surface area contributed by atoms with E-state index in [4.69, 9.17) is 0 Å². The minimum Gasteiger partial charge on any atom is -0.480 e. The van der Waals surface area contributed by atoms with Crippen LogP contribution in [0.4, 0.5) is 10.7 Å². The number of tetrazole rings is 1. The number of amides is 2. The SMILES string of the molecule is Cn1nnc(NC(=O)N2Cc3[nH]cnc3CC2C(=O)O)n1. The fraction of sp³-hybridized carbons (Fsp3) is 0.400. The number of hydrogen-bond donors (Lipinski definition) is 3. The van der Waals surface area contributed by atoms with Crippen LogP contribution in [0.1, 0.15) is 11.4 Å². The molecule has 11 nitrogen and oxygen atoms in total. The third-order valence-corrected chi connectivity index (χ3v) is 3.17. The van der Waals surface area contributed by atoms with Gasteiger partial charge in [-0.1, -0.05) is 5.10 Å². The van der Waals surface area contributed by atoms with Crippen molar-refractivity contribution in [2.75, 3.05) is 5.32 Å². The van der Waals surface area contributed by atoms with E-state index in [1.54, 1.807) is 7.05 Å². The Morgan fingerprint density at radius 2 is 2.33 bits per heavy atom. The number of carbonyl (C=O) groups is 2. The number of H-pyrrole nitrogens is 1. The molecule has 1 unspecified atom stereocenters. The predicted molar refractivity (Wildman–Crippen MR) is 67.1 cm³/mol. The van der Waals surface area contributed by atoms with Gasteiger partial charge in [0.15, 0.2) is 0 Å². The van der Waals surface area contributed by atoms with E-state index in [1.807, 2.05) is 0 Å². The van der Waals surface area contributed by atoms with E-state index in [1.165, 1.54) is 16.0 Å². The van der Waals surface area contributed by atoms with Gasteiger partial charge < -0.3 is 15.0 Å². The summed E-state index contributed by atoms with van der Waals surface area (Å²) in [6.45, 7) is 0.123. The molecule has 0 radical (unpaired) electrons. The quantitative estimate of drug-likeness (QED) is 0.642. The summed E-state index contributed by atoms with van der Waals surface area (Å²) in [5, 5.41) is 22.7.